The molecule has 1 heterocycles. The van der Waals surface area contributed by atoms with Gasteiger partial charge in [0.05, 0.1) is 12.9 Å². The molecule has 1 aromatic heterocycles. The molecular formula is C17H23NO2. The van der Waals surface area contributed by atoms with Crippen LogP contribution in [0.15, 0.2) is 53.1 Å². The highest BCUT2D eigenvalue weighted by molar-refractivity contribution is 5.16. The third-order valence-electron chi connectivity index (χ3n) is 3.35. The standard InChI is InChI=1S/C17H23NO2/c1-19-11-9-18-14-16(13-17-8-5-10-20-17)12-15-6-3-2-4-7-15/h2-8,10,16,18H,9,11-14H2,1H3. The van der Waals surface area contributed by atoms with Gasteiger partial charge in [-0.05, 0) is 36.6 Å². The fourth-order valence-corrected chi connectivity index (χ4v) is 2.36. The number of rotatable bonds is 9. The number of nitrogens with one attached hydrogen (secondary N) is 1. The van der Waals surface area contributed by atoms with Gasteiger partial charge in [-0.15, -0.1) is 0 Å². The van der Waals surface area contributed by atoms with E-state index in [1.54, 1.807) is 13.4 Å². The second-order valence-corrected chi connectivity index (χ2v) is 5.04. The van der Waals surface area contributed by atoms with Crippen LogP contribution in [0.3, 0.4) is 0 Å². The van der Waals surface area contributed by atoms with Crippen molar-refractivity contribution in [2.24, 2.45) is 5.92 Å². The quantitative estimate of drug-likeness (QED) is 0.713. The number of benzene rings is 1. The average molecular weight is 273 g/mol. The van der Waals surface area contributed by atoms with E-state index in [0.29, 0.717) is 5.92 Å². The van der Waals surface area contributed by atoms with Gasteiger partial charge in [-0.2, -0.15) is 0 Å². The van der Waals surface area contributed by atoms with Gasteiger partial charge in [-0.1, -0.05) is 30.3 Å². The zero-order valence-electron chi connectivity index (χ0n) is 12.0. The molecule has 0 saturated carbocycles. The molecular weight excluding hydrogens is 250 g/mol. The summed E-state index contributed by atoms with van der Waals surface area (Å²) in [7, 11) is 1.73. The Balaban J connectivity index is 1.89. The van der Waals surface area contributed by atoms with Crippen molar-refractivity contribution in [2.45, 2.75) is 12.8 Å². The van der Waals surface area contributed by atoms with E-state index in [-0.39, 0.29) is 0 Å². The molecule has 0 spiro atoms. The van der Waals surface area contributed by atoms with E-state index in [9.17, 15) is 0 Å². The van der Waals surface area contributed by atoms with Gasteiger partial charge in [-0.25, -0.2) is 0 Å². The Morgan fingerprint density at radius 3 is 2.65 bits per heavy atom. The Labute approximate surface area is 121 Å². The van der Waals surface area contributed by atoms with Crippen LogP contribution in [-0.4, -0.2) is 26.8 Å². The summed E-state index contributed by atoms with van der Waals surface area (Å²) in [5, 5.41) is 3.45. The van der Waals surface area contributed by atoms with Crippen molar-refractivity contribution in [2.75, 3.05) is 26.8 Å². The van der Waals surface area contributed by atoms with Crippen molar-refractivity contribution in [1.82, 2.24) is 5.32 Å². The molecule has 108 valence electrons. The zero-order valence-corrected chi connectivity index (χ0v) is 12.0. The van der Waals surface area contributed by atoms with Crippen LogP contribution >= 0.6 is 0 Å². The van der Waals surface area contributed by atoms with Crippen LogP contribution in [0.4, 0.5) is 0 Å². The van der Waals surface area contributed by atoms with Gasteiger partial charge >= 0.3 is 0 Å². The zero-order chi connectivity index (χ0) is 14.0. The van der Waals surface area contributed by atoms with Crippen molar-refractivity contribution in [1.29, 1.82) is 0 Å². The van der Waals surface area contributed by atoms with Crippen molar-refractivity contribution < 1.29 is 9.15 Å². The molecule has 0 amide bonds. The van der Waals surface area contributed by atoms with Gasteiger partial charge in [0, 0.05) is 20.1 Å². The summed E-state index contributed by atoms with van der Waals surface area (Å²) in [6, 6.07) is 14.6. The van der Waals surface area contributed by atoms with Gasteiger partial charge in [-0.3, -0.25) is 0 Å². The van der Waals surface area contributed by atoms with Crippen molar-refractivity contribution in [3.8, 4) is 0 Å². The van der Waals surface area contributed by atoms with Crippen LogP contribution in [-0.2, 0) is 17.6 Å². The lowest BCUT2D eigenvalue weighted by atomic mass is 9.95. The Bertz CT molecular complexity index is 453. The fraction of sp³-hybridized carbons (Fsp3) is 0.412. The molecule has 0 saturated heterocycles. The first-order valence-electron chi connectivity index (χ1n) is 7.14. The predicted molar refractivity (Wildman–Crippen MR) is 80.8 cm³/mol. The molecule has 1 unspecified atom stereocenters. The lowest BCUT2D eigenvalue weighted by molar-refractivity contribution is 0.197. The summed E-state index contributed by atoms with van der Waals surface area (Å²) >= 11 is 0. The molecule has 3 heteroatoms. The van der Waals surface area contributed by atoms with E-state index in [1.807, 2.05) is 12.1 Å². The van der Waals surface area contributed by atoms with Crippen LogP contribution in [0, 0.1) is 5.92 Å². The maximum atomic E-state index is 5.48. The molecule has 0 bridgehead atoms. The molecule has 3 nitrogen and oxygen atoms in total. The van der Waals surface area contributed by atoms with E-state index >= 15 is 0 Å². The third-order valence-corrected chi connectivity index (χ3v) is 3.35. The molecule has 2 rings (SSSR count). The average Bonchev–Trinajstić information content (AvgIpc) is 2.97. The van der Waals surface area contributed by atoms with Crippen molar-refractivity contribution >= 4 is 0 Å². The van der Waals surface area contributed by atoms with E-state index in [1.165, 1.54) is 5.56 Å². The minimum absolute atomic E-state index is 0.528. The Kier molecular flexibility index (Phi) is 6.35. The summed E-state index contributed by atoms with van der Waals surface area (Å²) in [5.41, 5.74) is 1.37. The molecule has 1 atom stereocenters. The second kappa shape index (κ2) is 8.56. The number of ether oxygens (including phenoxy) is 1. The lowest BCUT2D eigenvalue weighted by Gasteiger charge is -2.16. The maximum absolute atomic E-state index is 5.48. The van der Waals surface area contributed by atoms with Gasteiger partial charge in [0.25, 0.3) is 0 Å². The monoisotopic (exact) mass is 273 g/mol. The summed E-state index contributed by atoms with van der Waals surface area (Å²) in [6.07, 6.45) is 3.76. The molecule has 0 aliphatic carbocycles. The fourth-order valence-electron chi connectivity index (χ4n) is 2.36. The number of methoxy groups -OCH3 is 1. The number of hydrogen-bond donors (Lipinski definition) is 1. The molecule has 20 heavy (non-hydrogen) atoms. The topological polar surface area (TPSA) is 34.4 Å². The van der Waals surface area contributed by atoms with Crippen molar-refractivity contribution in [3.63, 3.8) is 0 Å². The molecule has 0 radical (unpaired) electrons. The first-order valence-corrected chi connectivity index (χ1v) is 7.14. The normalized spacial score (nSPS) is 12.4. The van der Waals surface area contributed by atoms with Gasteiger partial charge in [0.2, 0.25) is 0 Å². The van der Waals surface area contributed by atoms with Crippen LogP contribution in [0.25, 0.3) is 0 Å². The summed E-state index contributed by atoms with van der Waals surface area (Å²) in [5.74, 6) is 1.58. The SMILES string of the molecule is COCCNCC(Cc1ccccc1)Cc1ccco1. The predicted octanol–water partition coefficient (Wildman–Crippen LogP) is 2.92. The maximum Gasteiger partial charge on any atom is 0.104 e. The van der Waals surface area contributed by atoms with E-state index in [4.69, 9.17) is 9.15 Å². The first-order chi connectivity index (χ1) is 9.88. The van der Waals surface area contributed by atoms with Crippen LogP contribution < -0.4 is 5.32 Å². The lowest BCUT2D eigenvalue weighted by Crippen LogP contribution is -2.28. The van der Waals surface area contributed by atoms with Crippen LogP contribution in [0.5, 0.6) is 0 Å². The molecule has 2 aromatic rings. The van der Waals surface area contributed by atoms with Crippen molar-refractivity contribution in [3.05, 3.63) is 60.1 Å². The number of furan rings is 1. The molecule has 0 aliphatic rings. The smallest absolute Gasteiger partial charge is 0.104 e. The number of hydrogen-bond acceptors (Lipinski definition) is 3. The molecule has 1 aromatic carbocycles. The van der Waals surface area contributed by atoms with Crippen LogP contribution in [0.1, 0.15) is 11.3 Å². The molecule has 0 aliphatic heterocycles. The Morgan fingerprint density at radius 2 is 1.95 bits per heavy atom. The third kappa shape index (κ3) is 5.19. The highest BCUT2D eigenvalue weighted by Crippen LogP contribution is 2.14. The van der Waals surface area contributed by atoms with E-state index < -0.39 is 0 Å². The van der Waals surface area contributed by atoms with Crippen LogP contribution in [0.2, 0.25) is 0 Å². The van der Waals surface area contributed by atoms with E-state index in [0.717, 1.165) is 38.3 Å². The van der Waals surface area contributed by atoms with Gasteiger partial charge in [0.1, 0.15) is 5.76 Å². The summed E-state index contributed by atoms with van der Waals surface area (Å²) in [4.78, 5) is 0. The van der Waals surface area contributed by atoms with Gasteiger partial charge in [0.15, 0.2) is 0 Å². The Hall–Kier alpha value is -1.58. The summed E-state index contributed by atoms with van der Waals surface area (Å²) in [6.45, 7) is 2.61. The minimum Gasteiger partial charge on any atom is -0.469 e. The summed E-state index contributed by atoms with van der Waals surface area (Å²) < 4.78 is 10.5. The Morgan fingerprint density at radius 1 is 1.10 bits per heavy atom. The molecule has 1 N–H and O–H groups in total. The largest absolute Gasteiger partial charge is 0.469 e. The second-order valence-electron chi connectivity index (χ2n) is 5.04. The van der Waals surface area contributed by atoms with E-state index in [2.05, 4.69) is 35.6 Å². The van der Waals surface area contributed by atoms with Gasteiger partial charge < -0.3 is 14.5 Å². The molecule has 0 fully saturated rings. The first kappa shape index (κ1) is 14.8. The minimum atomic E-state index is 0.528. The highest BCUT2D eigenvalue weighted by atomic mass is 16.5. The highest BCUT2D eigenvalue weighted by Gasteiger charge is 2.12.